The van der Waals surface area contributed by atoms with Gasteiger partial charge in [-0.3, -0.25) is 9.50 Å². The summed E-state index contributed by atoms with van der Waals surface area (Å²) in [6.07, 6.45) is 6.85. The monoisotopic (exact) mass is 477 g/mol. The average Bonchev–Trinajstić information content (AvgIpc) is 3.51. The Balaban J connectivity index is 1.54. The molecule has 1 N–H and O–H groups in total. The Hall–Kier alpha value is -3.27. The minimum Gasteiger partial charge on any atom is -0.305 e. The smallest absolute Gasteiger partial charge is 0.184 e. The number of benzene rings is 1. The van der Waals surface area contributed by atoms with Crippen LogP contribution in [0, 0.1) is 0 Å². The lowest BCUT2D eigenvalue weighted by Gasteiger charge is -2.10. The number of pyridine rings is 1. The second-order valence-electron chi connectivity index (χ2n) is 8.27. The summed E-state index contributed by atoms with van der Waals surface area (Å²) in [6.45, 7) is 0.889. The number of nitrogens with one attached hydrogen (secondary N) is 1. The van der Waals surface area contributed by atoms with E-state index in [1.165, 1.54) is 23.2 Å². The molecule has 0 amide bonds. The largest absolute Gasteiger partial charge is 0.305 e. The molecule has 4 heterocycles. The summed E-state index contributed by atoms with van der Waals surface area (Å²) in [7, 11) is 0.868. The van der Waals surface area contributed by atoms with Crippen LogP contribution in [0.5, 0.6) is 0 Å². The van der Waals surface area contributed by atoms with E-state index < -0.39 is 9.84 Å². The molecule has 4 aromatic heterocycles. The van der Waals surface area contributed by atoms with Crippen molar-refractivity contribution in [3.63, 3.8) is 0 Å². The van der Waals surface area contributed by atoms with Gasteiger partial charge in [0.25, 0.3) is 0 Å². The zero-order chi connectivity index (χ0) is 23.2. The molecule has 0 aliphatic heterocycles. The number of H-pyrrole nitrogens is 1. The van der Waals surface area contributed by atoms with Gasteiger partial charge < -0.3 is 4.90 Å². The predicted molar refractivity (Wildman–Crippen MR) is 132 cm³/mol. The average molecular weight is 478 g/mol. The molecule has 9 heteroatoms. The van der Waals surface area contributed by atoms with Crippen LogP contribution in [0.2, 0.25) is 0 Å². The molecule has 1 aromatic carbocycles. The van der Waals surface area contributed by atoms with Gasteiger partial charge in [-0.25, -0.2) is 13.4 Å². The van der Waals surface area contributed by atoms with E-state index >= 15 is 0 Å². The highest BCUT2D eigenvalue weighted by molar-refractivity contribution is 7.92. The van der Waals surface area contributed by atoms with Crippen molar-refractivity contribution in [2.45, 2.75) is 10.8 Å². The number of rotatable bonds is 6. The molecule has 5 rings (SSSR count). The molecule has 0 bridgehead atoms. The molecule has 0 aliphatic carbocycles. The third kappa shape index (κ3) is 4.22. The van der Waals surface area contributed by atoms with Crippen molar-refractivity contribution >= 4 is 26.8 Å². The van der Waals surface area contributed by atoms with Crippen molar-refractivity contribution in [2.75, 3.05) is 20.4 Å². The highest BCUT2D eigenvalue weighted by Crippen LogP contribution is 2.34. The second-order valence-corrected chi connectivity index (χ2v) is 11.6. The van der Waals surface area contributed by atoms with Gasteiger partial charge in [-0.1, -0.05) is 24.3 Å². The fourth-order valence-electron chi connectivity index (χ4n) is 3.85. The number of thiophene rings is 1. The van der Waals surface area contributed by atoms with Crippen molar-refractivity contribution < 1.29 is 8.42 Å². The minimum atomic E-state index is -3.24. The van der Waals surface area contributed by atoms with E-state index in [0.717, 1.165) is 45.1 Å². The van der Waals surface area contributed by atoms with E-state index in [-0.39, 0.29) is 0 Å². The van der Waals surface area contributed by atoms with Gasteiger partial charge in [0, 0.05) is 35.7 Å². The lowest BCUT2D eigenvalue weighted by atomic mass is 10.0. The Bertz CT molecular complexity index is 1540. The van der Waals surface area contributed by atoms with E-state index in [2.05, 4.69) is 58.4 Å². The summed E-state index contributed by atoms with van der Waals surface area (Å²) >= 11 is 1.25. The molecule has 33 heavy (non-hydrogen) atoms. The summed E-state index contributed by atoms with van der Waals surface area (Å²) in [6, 6.07) is 15.9. The fraction of sp³-hybridized carbons (Fsp3) is 0.167. The molecule has 168 valence electrons. The summed E-state index contributed by atoms with van der Waals surface area (Å²) in [5, 5.41) is 7.44. The van der Waals surface area contributed by atoms with Crippen molar-refractivity contribution in [3.05, 3.63) is 72.7 Å². The number of hydrogen-bond acceptors (Lipinski definition) is 6. The van der Waals surface area contributed by atoms with Gasteiger partial charge in [0.05, 0.1) is 28.7 Å². The van der Waals surface area contributed by atoms with Crippen LogP contribution >= 0.6 is 11.3 Å². The molecule has 0 unspecified atom stereocenters. The zero-order valence-corrected chi connectivity index (χ0v) is 20.1. The lowest BCUT2D eigenvalue weighted by Crippen LogP contribution is -2.10. The summed E-state index contributed by atoms with van der Waals surface area (Å²) < 4.78 is 26.2. The zero-order valence-electron chi connectivity index (χ0n) is 18.5. The third-order valence-corrected chi connectivity index (χ3v) is 8.32. The molecule has 0 saturated carbocycles. The Labute approximate surface area is 196 Å². The van der Waals surface area contributed by atoms with Crippen molar-refractivity contribution in [1.29, 1.82) is 0 Å². The second kappa shape index (κ2) is 8.26. The Kier molecular flexibility index (Phi) is 5.40. The fourth-order valence-corrected chi connectivity index (χ4v) is 5.78. The first-order valence-corrected chi connectivity index (χ1v) is 13.1. The number of hydrogen-bond donors (Lipinski definition) is 1. The minimum absolute atomic E-state index is 0.346. The number of nitrogens with zero attached hydrogens (tertiary/aromatic N) is 4. The van der Waals surface area contributed by atoms with Crippen LogP contribution < -0.4 is 0 Å². The van der Waals surface area contributed by atoms with Gasteiger partial charge >= 0.3 is 0 Å². The quantitative estimate of drug-likeness (QED) is 0.387. The highest BCUT2D eigenvalue weighted by Gasteiger charge is 2.16. The van der Waals surface area contributed by atoms with Gasteiger partial charge in [0.15, 0.2) is 9.84 Å². The third-order valence-electron chi connectivity index (χ3n) is 5.40. The normalized spacial score (nSPS) is 12.1. The van der Waals surface area contributed by atoms with Crippen LogP contribution in [0.25, 0.3) is 38.6 Å². The van der Waals surface area contributed by atoms with E-state index in [0.29, 0.717) is 4.21 Å². The van der Waals surface area contributed by atoms with E-state index in [9.17, 15) is 8.42 Å². The first kappa shape index (κ1) is 21.6. The number of imidazole rings is 1. The van der Waals surface area contributed by atoms with E-state index in [4.69, 9.17) is 0 Å². The van der Waals surface area contributed by atoms with Gasteiger partial charge in [-0.05, 0) is 43.9 Å². The van der Waals surface area contributed by atoms with E-state index in [1.807, 2.05) is 35.0 Å². The van der Waals surface area contributed by atoms with Crippen molar-refractivity contribution in [3.8, 4) is 33.0 Å². The summed E-state index contributed by atoms with van der Waals surface area (Å²) in [5.74, 6) is 0. The predicted octanol–water partition coefficient (Wildman–Crippen LogP) is 4.59. The number of aromatic amines is 1. The van der Waals surface area contributed by atoms with Gasteiger partial charge in [0.2, 0.25) is 0 Å². The van der Waals surface area contributed by atoms with Crippen molar-refractivity contribution in [1.82, 2.24) is 24.5 Å². The molecule has 0 aliphatic rings. The van der Waals surface area contributed by atoms with E-state index in [1.54, 1.807) is 12.3 Å². The molecule has 0 fully saturated rings. The molecule has 0 atom stereocenters. The number of fused-ring (bicyclic) bond motifs is 1. The van der Waals surface area contributed by atoms with Crippen LogP contribution in [0.3, 0.4) is 0 Å². The maximum Gasteiger partial charge on any atom is 0.184 e. The molecular weight excluding hydrogens is 454 g/mol. The Morgan fingerprint density at radius 3 is 2.45 bits per heavy atom. The number of sulfone groups is 1. The topological polar surface area (TPSA) is 83.4 Å². The maximum absolute atomic E-state index is 11.9. The Morgan fingerprint density at radius 2 is 1.76 bits per heavy atom. The first-order valence-electron chi connectivity index (χ1n) is 10.3. The molecule has 5 aromatic rings. The highest BCUT2D eigenvalue weighted by atomic mass is 32.2. The molecule has 0 spiro atoms. The molecule has 7 nitrogen and oxygen atoms in total. The number of aromatic nitrogens is 4. The SMILES string of the molecule is CN(C)Cc1ccc(-c2[nH]ncc2-c2ccc3ncc(-c4ccc(S(C)(=O)=O)s4)n3c2)cc1. The first-order chi connectivity index (χ1) is 15.8. The van der Waals surface area contributed by atoms with Crippen LogP contribution in [-0.4, -0.2) is 53.3 Å². The van der Waals surface area contributed by atoms with Crippen LogP contribution in [0.15, 0.2) is 71.3 Å². The van der Waals surface area contributed by atoms with Crippen LogP contribution in [0.1, 0.15) is 5.56 Å². The van der Waals surface area contributed by atoms with Crippen molar-refractivity contribution in [2.24, 2.45) is 0 Å². The van der Waals surface area contributed by atoms with Crippen LogP contribution in [0.4, 0.5) is 0 Å². The maximum atomic E-state index is 11.9. The van der Waals surface area contributed by atoms with Gasteiger partial charge in [-0.15, -0.1) is 11.3 Å². The lowest BCUT2D eigenvalue weighted by molar-refractivity contribution is 0.402. The van der Waals surface area contributed by atoms with Crippen LogP contribution in [-0.2, 0) is 16.4 Å². The molecule has 0 radical (unpaired) electrons. The molecular formula is C24H23N5O2S2. The summed E-state index contributed by atoms with van der Waals surface area (Å²) in [4.78, 5) is 7.49. The van der Waals surface area contributed by atoms with Gasteiger partial charge in [-0.2, -0.15) is 5.10 Å². The molecule has 0 saturated heterocycles. The van der Waals surface area contributed by atoms with Gasteiger partial charge in [0.1, 0.15) is 9.86 Å². The Morgan fingerprint density at radius 1 is 1.00 bits per heavy atom. The summed E-state index contributed by atoms with van der Waals surface area (Å²) in [5.41, 5.74) is 6.88. The standard InChI is InChI=1S/C24H23N5O2S2/c1-28(2)14-16-4-6-17(7-5-16)24-19(12-26-27-24)18-8-10-22-25-13-20(29(22)15-18)21-9-11-23(32-21)33(3,30)31/h4-13,15H,14H2,1-3H3,(H,26,27).